The summed E-state index contributed by atoms with van der Waals surface area (Å²) in [5, 5.41) is 5.10. The zero-order valence-electron chi connectivity index (χ0n) is 17.8. The molecule has 3 aromatic rings. The van der Waals surface area contributed by atoms with Gasteiger partial charge >= 0.3 is 0 Å². The number of hydrogen-bond donors (Lipinski definition) is 1. The molecule has 0 aliphatic heterocycles. The Labute approximate surface area is 190 Å². The second-order valence-electron chi connectivity index (χ2n) is 8.62. The molecule has 3 rings (SSSR count). The van der Waals surface area contributed by atoms with Gasteiger partial charge in [-0.25, -0.2) is 32.9 Å². The van der Waals surface area contributed by atoms with Crippen molar-refractivity contribution in [3.8, 4) is 21.8 Å². The maximum atomic E-state index is 15.8. The van der Waals surface area contributed by atoms with Crippen LogP contribution in [0.1, 0.15) is 50.4 Å². The quantitative estimate of drug-likeness (QED) is 0.494. The first-order chi connectivity index (χ1) is 14.3. The summed E-state index contributed by atoms with van der Waals surface area (Å²) in [6.45, 7) is 9.41. The van der Waals surface area contributed by atoms with Gasteiger partial charge in [-0.2, -0.15) is 0 Å². The molecular weight excluding hydrogens is 459 g/mol. The molecule has 10 heteroatoms. The molecule has 166 valence electrons. The Morgan fingerprint density at radius 3 is 2.39 bits per heavy atom. The molecular formula is C21H24ClFN4O2S2. The van der Waals surface area contributed by atoms with Gasteiger partial charge in [-0.3, -0.25) is 0 Å². The maximum Gasteiger partial charge on any atom is 0.222 e. The molecule has 0 saturated carbocycles. The fraction of sp³-hybridized carbons (Fsp3) is 0.381. The van der Waals surface area contributed by atoms with Crippen LogP contribution in [0.5, 0.6) is 0 Å². The normalized spacial score (nSPS) is 13.6. The highest BCUT2D eigenvalue weighted by molar-refractivity contribution is 7.89. The van der Waals surface area contributed by atoms with Gasteiger partial charge in [0, 0.05) is 22.7 Å². The number of thiazole rings is 1. The van der Waals surface area contributed by atoms with E-state index in [-0.39, 0.29) is 21.8 Å². The third kappa shape index (κ3) is 4.95. The van der Waals surface area contributed by atoms with E-state index in [1.165, 1.54) is 23.6 Å². The molecule has 0 fully saturated rings. The first-order valence-electron chi connectivity index (χ1n) is 9.61. The maximum absolute atomic E-state index is 15.8. The number of primary sulfonamides is 1. The van der Waals surface area contributed by atoms with Crippen molar-refractivity contribution in [3.05, 3.63) is 52.1 Å². The smallest absolute Gasteiger partial charge is 0.222 e. The summed E-state index contributed by atoms with van der Waals surface area (Å²) in [6, 6.07) is 6.32. The highest BCUT2D eigenvalue weighted by Gasteiger charge is 2.32. The van der Waals surface area contributed by atoms with Crippen LogP contribution in [0.25, 0.3) is 21.8 Å². The van der Waals surface area contributed by atoms with Crippen LogP contribution in [0, 0.1) is 11.7 Å². The van der Waals surface area contributed by atoms with Crippen molar-refractivity contribution < 1.29 is 12.8 Å². The Bertz CT molecular complexity index is 1220. The van der Waals surface area contributed by atoms with Gasteiger partial charge in [-0.15, -0.1) is 11.3 Å². The highest BCUT2D eigenvalue weighted by Crippen LogP contribution is 2.42. The molecule has 2 heterocycles. The Morgan fingerprint density at radius 2 is 1.84 bits per heavy atom. The SMILES string of the molecule is CC(C)C(c1cccc(-c2nc(C(C)(C)C)sc2-c2ccnc(Cl)n2)c1F)S(N)(=O)=O. The summed E-state index contributed by atoms with van der Waals surface area (Å²) in [5.41, 5.74) is 0.805. The number of aromatic nitrogens is 3. The molecule has 1 unspecified atom stereocenters. The standard InChI is InChI=1S/C21H24ClFN4O2S2/c1-11(2)18(31(24,28)29)13-8-6-7-12(15(13)23)16-17(14-9-10-25-20(22)26-14)30-19(27-16)21(3,4)5/h6-11,18H,1-5H3,(H2,24,28,29). The molecule has 2 aromatic heterocycles. The average molecular weight is 483 g/mol. The van der Waals surface area contributed by atoms with Gasteiger partial charge in [0.1, 0.15) is 11.1 Å². The van der Waals surface area contributed by atoms with Crippen LogP contribution in [-0.2, 0) is 15.4 Å². The molecule has 0 spiro atoms. The van der Waals surface area contributed by atoms with Crippen LogP contribution in [0.4, 0.5) is 4.39 Å². The number of hydrogen-bond acceptors (Lipinski definition) is 6. The summed E-state index contributed by atoms with van der Waals surface area (Å²) in [4.78, 5) is 13.5. The van der Waals surface area contributed by atoms with Crippen LogP contribution in [0.3, 0.4) is 0 Å². The lowest BCUT2D eigenvalue weighted by molar-refractivity contribution is 0.522. The molecule has 0 saturated heterocycles. The van der Waals surface area contributed by atoms with Crippen molar-refractivity contribution >= 4 is 33.0 Å². The van der Waals surface area contributed by atoms with Gasteiger partial charge in [0.15, 0.2) is 0 Å². The van der Waals surface area contributed by atoms with Crippen LogP contribution in [-0.4, -0.2) is 23.4 Å². The number of halogens is 2. The van der Waals surface area contributed by atoms with E-state index < -0.39 is 27.0 Å². The number of nitrogens with two attached hydrogens (primary N) is 1. The molecule has 0 aliphatic carbocycles. The molecule has 0 amide bonds. The van der Waals surface area contributed by atoms with Crippen LogP contribution in [0.2, 0.25) is 5.28 Å². The zero-order chi connectivity index (χ0) is 23.1. The lowest BCUT2D eigenvalue weighted by atomic mass is 9.97. The van der Waals surface area contributed by atoms with Crippen LogP contribution >= 0.6 is 22.9 Å². The Balaban J connectivity index is 2.30. The Morgan fingerprint density at radius 1 is 1.16 bits per heavy atom. The summed E-state index contributed by atoms with van der Waals surface area (Å²) in [6.07, 6.45) is 1.52. The van der Waals surface area contributed by atoms with Gasteiger partial charge in [-0.1, -0.05) is 46.8 Å². The first kappa shape index (κ1) is 23.7. The van der Waals surface area contributed by atoms with Crippen LogP contribution in [0.15, 0.2) is 30.5 Å². The highest BCUT2D eigenvalue weighted by atomic mass is 35.5. The van der Waals surface area contributed by atoms with Gasteiger partial charge in [0.2, 0.25) is 15.3 Å². The predicted octanol–water partition coefficient (Wildman–Crippen LogP) is 5.34. The molecule has 0 radical (unpaired) electrons. The number of benzene rings is 1. The molecule has 0 aliphatic rings. The summed E-state index contributed by atoms with van der Waals surface area (Å²) in [5.74, 6) is -1.08. The number of sulfonamides is 1. The third-order valence-corrected chi connectivity index (χ3v) is 7.87. The Kier molecular flexibility index (Phi) is 6.53. The van der Waals surface area contributed by atoms with E-state index in [4.69, 9.17) is 21.7 Å². The summed E-state index contributed by atoms with van der Waals surface area (Å²) < 4.78 is 40.2. The van der Waals surface area contributed by atoms with Gasteiger partial charge in [0.05, 0.1) is 21.3 Å². The van der Waals surface area contributed by atoms with E-state index in [1.54, 1.807) is 32.0 Å². The topological polar surface area (TPSA) is 98.8 Å². The number of nitrogens with zero attached hydrogens (tertiary/aromatic N) is 3. The van der Waals surface area contributed by atoms with Crippen molar-refractivity contribution in [2.24, 2.45) is 11.1 Å². The van der Waals surface area contributed by atoms with Gasteiger partial charge < -0.3 is 0 Å². The minimum Gasteiger partial charge on any atom is -0.240 e. The molecule has 1 aromatic carbocycles. The van der Waals surface area contributed by atoms with Gasteiger partial charge in [-0.05, 0) is 29.7 Å². The minimum atomic E-state index is -4.02. The van der Waals surface area contributed by atoms with E-state index >= 15 is 4.39 Å². The minimum absolute atomic E-state index is 0.0204. The lowest BCUT2D eigenvalue weighted by Gasteiger charge is -2.20. The Hall–Kier alpha value is -1.94. The number of rotatable bonds is 5. The van der Waals surface area contributed by atoms with Crippen molar-refractivity contribution in [1.82, 2.24) is 15.0 Å². The van der Waals surface area contributed by atoms with E-state index in [9.17, 15) is 8.42 Å². The monoisotopic (exact) mass is 482 g/mol. The van der Waals surface area contributed by atoms with Crippen molar-refractivity contribution in [1.29, 1.82) is 0 Å². The van der Waals surface area contributed by atoms with E-state index in [0.29, 0.717) is 16.3 Å². The fourth-order valence-electron chi connectivity index (χ4n) is 3.33. The van der Waals surface area contributed by atoms with Gasteiger partial charge in [0.25, 0.3) is 0 Å². The summed E-state index contributed by atoms with van der Waals surface area (Å²) >= 11 is 7.37. The molecule has 6 nitrogen and oxygen atoms in total. The third-order valence-electron chi connectivity index (χ3n) is 4.68. The lowest BCUT2D eigenvalue weighted by Crippen LogP contribution is -2.26. The van der Waals surface area contributed by atoms with E-state index in [1.807, 2.05) is 20.8 Å². The van der Waals surface area contributed by atoms with Crippen molar-refractivity contribution in [3.63, 3.8) is 0 Å². The molecule has 1 atom stereocenters. The predicted molar refractivity (Wildman–Crippen MR) is 123 cm³/mol. The van der Waals surface area contributed by atoms with E-state index in [2.05, 4.69) is 9.97 Å². The van der Waals surface area contributed by atoms with Crippen molar-refractivity contribution in [2.45, 2.75) is 45.3 Å². The first-order valence-corrected chi connectivity index (χ1v) is 12.4. The molecule has 2 N–H and O–H groups in total. The molecule has 0 bridgehead atoms. The van der Waals surface area contributed by atoms with E-state index in [0.717, 1.165) is 5.01 Å². The van der Waals surface area contributed by atoms with Crippen molar-refractivity contribution in [2.75, 3.05) is 0 Å². The zero-order valence-corrected chi connectivity index (χ0v) is 20.2. The van der Waals surface area contributed by atoms with Crippen LogP contribution < -0.4 is 5.14 Å². The summed E-state index contributed by atoms with van der Waals surface area (Å²) in [7, 11) is -4.02. The second kappa shape index (κ2) is 8.54. The molecule has 31 heavy (non-hydrogen) atoms. The largest absolute Gasteiger partial charge is 0.240 e. The second-order valence-corrected chi connectivity index (χ2v) is 11.6. The fourth-order valence-corrected chi connectivity index (χ4v) is 5.88. The average Bonchev–Trinajstić information content (AvgIpc) is 3.07.